The Morgan fingerprint density at radius 3 is 2.45 bits per heavy atom. The summed E-state index contributed by atoms with van der Waals surface area (Å²) in [7, 11) is 0. The van der Waals surface area contributed by atoms with E-state index < -0.39 is 53.5 Å². The molecular weight excluding hydrogens is 536 g/mol. The van der Waals surface area contributed by atoms with Crippen LogP contribution in [0, 0.1) is 22.7 Å². The largest absolute Gasteiger partial charge is 0.458 e. The van der Waals surface area contributed by atoms with Gasteiger partial charge in [0.1, 0.15) is 11.5 Å². The molecule has 2 aliphatic carbocycles. The van der Waals surface area contributed by atoms with Gasteiger partial charge in [-0.1, -0.05) is 76.1 Å². The minimum absolute atomic E-state index is 0.0412. The number of aliphatic hydroxyl groups is 1. The minimum atomic E-state index is -1.20. The molecule has 0 radical (unpaired) electrons. The second-order valence-electron chi connectivity index (χ2n) is 12.1. The van der Waals surface area contributed by atoms with Gasteiger partial charge in [-0.05, 0) is 62.4 Å². The van der Waals surface area contributed by atoms with Crippen molar-refractivity contribution in [1.82, 2.24) is 0 Å². The predicted octanol–water partition coefficient (Wildman–Crippen LogP) is 6.26. The van der Waals surface area contributed by atoms with Gasteiger partial charge in [-0.3, -0.25) is 14.3 Å². The summed E-state index contributed by atoms with van der Waals surface area (Å²) in [6.45, 7) is 14.8. The van der Waals surface area contributed by atoms with Gasteiger partial charge < -0.3 is 19.3 Å². The molecule has 1 N–H and O–H groups in total. The molecule has 42 heavy (non-hydrogen) atoms. The first-order chi connectivity index (χ1) is 19.9. The molecule has 1 unspecified atom stereocenters. The number of allylic oxidation sites excluding steroid dienone is 6. The third kappa shape index (κ3) is 7.14. The number of esters is 3. The summed E-state index contributed by atoms with van der Waals surface area (Å²) < 4.78 is 23.7. The van der Waals surface area contributed by atoms with E-state index in [9.17, 15) is 19.5 Å². The molecule has 0 aromatic heterocycles. The number of ether oxygens (including phenoxy) is 4. The Bertz CT molecular complexity index is 1130. The van der Waals surface area contributed by atoms with Crippen molar-refractivity contribution >= 4 is 17.9 Å². The predicted molar refractivity (Wildman–Crippen MR) is 160 cm³/mol. The molecule has 3 aliphatic rings. The van der Waals surface area contributed by atoms with E-state index in [1.807, 2.05) is 19.1 Å². The van der Waals surface area contributed by atoms with Gasteiger partial charge in [-0.2, -0.15) is 0 Å². The smallest absolute Gasteiger partial charge is 0.331 e. The van der Waals surface area contributed by atoms with Crippen LogP contribution in [0.5, 0.6) is 0 Å². The van der Waals surface area contributed by atoms with Gasteiger partial charge >= 0.3 is 17.9 Å². The van der Waals surface area contributed by atoms with Crippen LogP contribution in [0.15, 0.2) is 60.3 Å². The lowest BCUT2D eigenvalue weighted by atomic mass is 9.45. The third-order valence-corrected chi connectivity index (χ3v) is 9.28. The number of rotatable bonds is 12. The first-order valence-corrected chi connectivity index (χ1v) is 15.1. The van der Waals surface area contributed by atoms with Gasteiger partial charge in [0.05, 0.1) is 6.10 Å². The lowest BCUT2D eigenvalue weighted by Crippen LogP contribution is -2.63. The fraction of sp³-hybridized carbons (Fsp3) is 0.618. The molecule has 0 bridgehead atoms. The van der Waals surface area contributed by atoms with Crippen LogP contribution in [0.4, 0.5) is 0 Å². The van der Waals surface area contributed by atoms with Gasteiger partial charge in [-0.15, -0.1) is 0 Å². The van der Waals surface area contributed by atoms with Gasteiger partial charge in [0.2, 0.25) is 12.6 Å². The Labute approximate surface area is 250 Å². The lowest BCUT2D eigenvalue weighted by Gasteiger charge is -2.60. The van der Waals surface area contributed by atoms with Crippen molar-refractivity contribution in [3.63, 3.8) is 0 Å². The van der Waals surface area contributed by atoms with E-state index >= 15 is 0 Å². The molecule has 0 aromatic carbocycles. The quantitative estimate of drug-likeness (QED) is 0.0715. The molecule has 3 rings (SSSR count). The van der Waals surface area contributed by atoms with Crippen LogP contribution in [-0.2, 0) is 33.3 Å². The van der Waals surface area contributed by atoms with Crippen molar-refractivity contribution in [3.05, 3.63) is 60.3 Å². The molecule has 2 fully saturated rings. The Morgan fingerprint density at radius 1 is 1.10 bits per heavy atom. The number of hydrogen-bond donors (Lipinski definition) is 1. The van der Waals surface area contributed by atoms with Crippen LogP contribution in [0.2, 0.25) is 0 Å². The Morgan fingerprint density at radius 2 is 1.81 bits per heavy atom. The molecule has 1 heterocycles. The van der Waals surface area contributed by atoms with E-state index in [0.717, 1.165) is 31.3 Å². The molecule has 8 nitrogen and oxygen atoms in total. The zero-order chi connectivity index (χ0) is 31.1. The Kier molecular flexibility index (Phi) is 11.6. The number of hydrogen-bond acceptors (Lipinski definition) is 8. The van der Waals surface area contributed by atoms with Crippen LogP contribution in [0.25, 0.3) is 0 Å². The topological polar surface area (TPSA) is 108 Å². The van der Waals surface area contributed by atoms with Gasteiger partial charge in [0, 0.05) is 25.5 Å². The molecule has 0 aromatic rings. The van der Waals surface area contributed by atoms with Crippen molar-refractivity contribution in [1.29, 1.82) is 0 Å². The van der Waals surface area contributed by atoms with Crippen LogP contribution < -0.4 is 0 Å². The standard InChI is InChI=1S/C34H48O8/c1-8-10-11-12-13-14-15-16-30(38)41-29-19-23(4)33(7,18-17-22(3)9-2)28-21-26(37)20-27-31(39-24(5)35)42-32(34(27,28)29)40-25(6)36/h9,13-17,20,23,26,28-29,31-32,37H,2,8,10-12,18-19,21H2,1,3-7H3/b14-13+,16-15-,22-17+/t23-,26-,28-,29?,31-,32+,33-,34-/m1/s1. The molecular formula is C34H48O8. The zero-order valence-corrected chi connectivity index (χ0v) is 26.0. The number of aliphatic hydroxyl groups excluding tert-OH is 1. The maximum absolute atomic E-state index is 13.2. The summed E-state index contributed by atoms with van der Waals surface area (Å²) in [5.74, 6) is -2.02. The van der Waals surface area contributed by atoms with Crippen LogP contribution in [0.3, 0.4) is 0 Å². The maximum Gasteiger partial charge on any atom is 0.331 e. The van der Waals surface area contributed by atoms with Gasteiger partial charge in [-0.25, -0.2) is 4.79 Å². The normalized spacial score (nSPS) is 34.5. The highest BCUT2D eigenvalue weighted by Crippen LogP contribution is 2.67. The number of carbonyl (C=O) groups is 3. The van der Waals surface area contributed by atoms with Crippen molar-refractivity contribution < 1.29 is 38.4 Å². The fourth-order valence-electron chi connectivity index (χ4n) is 6.92. The Balaban J connectivity index is 2.09. The van der Waals surface area contributed by atoms with E-state index in [-0.39, 0.29) is 11.8 Å². The van der Waals surface area contributed by atoms with E-state index in [1.165, 1.54) is 19.9 Å². The van der Waals surface area contributed by atoms with Gasteiger partial charge in [0.25, 0.3) is 0 Å². The molecule has 0 amide bonds. The molecule has 1 saturated heterocycles. The fourth-order valence-corrected chi connectivity index (χ4v) is 6.92. The van der Waals surface area contributed by atoms with Crippen molar-refractivity contribution in [2.75, 3.05) is 0 Å². The highest BCUT2D eigenvalue weighted by molar-refractivity contribution is 5.82. The average Bonchev–Trinajstić information content (AvgIpc) is 3.21. The summed E-state index contributed by atoms with van der Waals surface area (Å²) in [6.07, 6.45) is 14.2. The Hall–Kier alpha value is -2.97. The number of unbranched alkanes of at least 4 members (excludes halogenated alkanes) is 3. The highest BCUT2D eigenvalue weighted by atomic mass is 16.8. The maximum atomic E-state index is 13.2. The molecule has 1 aliphatic heterocycles. The van der Waals surface area contributed by atoms with E-state index in [1.54, 1.807) is 18.2 Å². The molecule has 232 valence electrons. The summed E-state index contributed by atoms with van der Waals surface area (Å²) in [6, 6.07) is 0. The first kappa shape index (κ1) is 33.5. The third-order valence-electron chi connectivity index (χ3n) is 9.28. The summed E-state index contributed by atoms with van der Waals surface area (Å²) in [5, 5.41) is 11.1. The summed E-state index contributed by atoms with van der Waals surface area (Å²) in [5.41, 5.74) is -0.130. The molecule has 8 atom stereocenters. The molecule has 8 heteroatoms. The lowest BCUT2D eigenvalue weighted by molar-refractivity contribution is -0.256. The van der Waals surface area contributed by atoms with E-state index in [4.69, 9.17) is 18.9 Å². The van der Waals surface area contributed by atoms with Crippen LogP contribution in [-0.4, -0.2) is 47.8 Å². The average molecular weight is 585 g/mol. The van der Waals surface area contributed by atoms with Crippen molar-refractivity contribution in [2.45, 2.75) is 111 Å². The molecule has 1 spiro atoms. The van der Waals surface area contributed by atoms with Gasteiger partial charge in [0.15, 0.2) is 0 Å². The SMILES string of the molecule is C=C/C(C)=C/C[C@]1(C)[C@H](C)CC(OC(=O)/C=C\C=C\CCCCC)[C@@]23C(=C[C@@H](O)C[C@H]12)[C@H](OC(C)=O)O[C@@H]3OC(C)=O. The monoisotopic (exact) mass is 584 g/mol. The van der Waals surface area contributed by atoms with E-state index in [0.29, 0.717) is 24.8 Å². The zero-order valence-electron chi connectivity index (χ0n) is 26.0. The van der Waals surface area contributed by atoms with Crippen LogP contribution in [0.1, 0.15) is 86.5 Å². The van der Waals surface area contributed by atoms with Crippen molar-refractivity contribution in [2.24, 2.45) is 22.7 Å². The summed E-state index contributed by atoms with van der Waals surface area (Å²) in [4.78, 5) is 37.7. The molecule has 1 saturated carbocycles. The second kappa shape index (κ2) is 14.5. The first-order valence-electron chi connectivity index (χ1n) is 15.1. The van der Waals surface area contributed by atoms with Crippen molar-refractivity contribution in [3.8, 4) is 0 Å². The van der Waals surface area contributed by atoms with Crippen LogP contribution >= 0.6 is 0 Å². The highest BCUT2D eigenvalue weighted by Gasteiger charge is 2.72. The van der Waals surface area contributed by atoms with E-state index in [2.05, 4.69) is 33.4 Å². The number of carbonyl (C=O) groups excluding carboxylic acids is 3. The second-order valence-corrected chi connectivity index (χ2v) is 12.1. The minimum Gasteiger partial charge on any atom is -0.458 e. The summed E-state index contributed by atoms with van der Waals surface area (Å²) >= 11 is 0.